The number of hydrogen-bond donors (Lipinski definition) is 1. The molecule has 166 valence electrons. The van der Waals surface area contributed by atoms with Crippen LogP contribution >= 0.6 is 0 Å². The third-order valence-electron chi connectivity index (χ3n) is 10.8. The van der Waals surface area contributed by atoms with E-state index in [1.165, 1.54) is 51.4 Å². The van der Waals surface area contributed by atoms with Gasteiger partial charge in [-0.15, -0.1) is 0 Å². The van der Waals surface area contributed by atoms with Crippen LogP contribution in [-0.2, 0) is 0 Å². The molecular formula is C28H48O. The molecule has 0 amide bonds. The Bertz CT molecular complexity index is 620. The molecule has 1 nitrogen and oxygen atoms in total. The van der Waals surface area contributed by atoms with Crippen molar-refractivity contribution in [1.29, 1.82) is 0 Å². The third-order valence-corrected chi connectivity index (χ3v) is 10.8. The van der Waals surface area contributed by atoms with Crippen molar-refractivity contribution >= 4 is 0 Å². The summed E-state index contributed by atoms with van der Waals surface area (Å²) < 4.78 is 0. The third kappa shape index (κ3) is 3.56. The molecule has 0 aliphatic heterocycles. The van der Waals surface area contributed by atoms with Crippen molar-refractivity contribution in [2.24, 2.45) is 52.3 Å². The van der Waals surface area contributed by atoms with E-state index in [1.807, 2.05) is 0 Å². The number of rotatable bonds is 5. The Hall–Kier alpha value is -0.300. The number of hydrogen-bond acceptors (Lipinski definition) is 1. The van der Waals surface area contributed by atoms with E-state index in [9.17, 15) is 5.11 Å². The maximum absolute atomic E-state index is 10.4. The summed E-state index contributed by atoms with van der Waals surface area (Å²) in [6.07, 6.45) is 15.9. The molecule has 0 radical (unpaired) electrons. The number of aliphatic hydroxyl groups excluding tert-OH is 1. The Morgan fingerprint density at radius 2 is 1.83 bits per heavy atom. The molecule has 1 N–H and O–H groups in total. The maximum atomic E-state index is 10.4. The zero-order valence-electron chi connectivity index (χ0n) is 20.2. The van der Waals surface area contributed by atoms with Crippen LogP contribution in [-0.4, -0.2) is 11.2 Å². The van der Waals surface area contributed by atoms with Crippen LogP contribution in [0.5, 0.6) is 0 Å². The zero-order valence-corrected chi connectivity index (χ0v) is 20.2. The maximum Gasteiger partial charge on any atom is 0.0580 e. The normalized spacial score (nSPS) is 47.9. The van der Waals surface area contributed by atoms with Crippen LogP contribution in [0.2, 0.25) is 0 Å². The van der Waals surface area contributed by atoms with Crippen LogP contribution in [0.25, 0.3) is 0 Å². The number of fused-ring (bicyclic) bond motifs is 5. The average Bonchev–Trinajstić information content (AvgIpc) is 3.00. The van der Waals surface area contributed by atoms with Gasteiger partial charge >= 0.3 is 0 Å². The van der Waals surface area contributed by atoms with Crippen molar-refractivity contribution in [3.05, 3.63) is 11.6 Å². The monoisotopic (exact) mass is 400 g/mol. The minimum Gasteiger partial charge on any atom is -0.393 e. The van der Waals surface area contributed by atoms with Gasteiger partial charge in [0.25, 0.3) is 0 Å². The Balaban J connectivity index is 1.52. The van der Waals surface area contributed by atoms with Gasteiger partial charge in [0.1, 0.15) is 0 Å². The molecule has 4 rings (SSSR count). The van der Waals surface area contributed by atoms with Crippen molar-refractivity contribution in [3.8, 4) is 0 Å². The van der Waals surface area contributed by atoms with E-state index in [2.05, 4.69) is 47.6 Å². The number of allylic oxidation sites excluding steroid dienone is 1. The van der Waals surface area contributed by atoms with E-state index in [1.54, 1.807) is 5.57 Å². The summed E-state index contributed by atoms with van der Waals surface area (Å²) in [5.74, 6) is 6.02. The minimum atomic E-state index is -0.0997. The van der Waals surface area contributed by atoms with Gasteiger partial charge in [-0.05, 0) is 97.2 Å². The highest BCUT2D eigenvalue weighted by atomic mass is 16.3. The van der Waals surface area contributed by atoms with E-state index in [-0.39, 0.29) is 6.10 Å². The molecule has 4 aliphatic rings. The Morgan fingerprint density at radius 3 is 2.55 bits per heavy atom. The molecule has 0 aromatic rings. The summed E-state index contributed by atoms with van der Waals surface area (Å²) in [5, 5.41) is 10.4. The molecule has 3 fully saturated rings. The van der Waals surface area contributed by atoms with E-state index in [0.29, 0.717) is 16.7 Å². The first-order valence-electron chi connectivity index (χ1n) is 13.1. The molecule has 3 saturated carbocycles. The highest BCUT2D eigenvalue weighted by Crippen LogP contribution is 2.68. The molecule has 0 spiro atoms. The fraction of sp³-hybridized carbons (Fsp3) is 0.929. The van der Waals surface area contributed by atoms with Gasteiger partial charge in [-0.3, -0.25) is 0 Å². The fourth-order valence-corrected chi connectivity index (χ4v) is 9.10. The number of aliphatic hydroxyl groups is 1. The van der Waals surface area contributed by atoms with E-state index in [4.69, 9.17) is 0 Å². The minimum absolute atomic E-state index is 0.0997. The summed E-state index contributed by atoms with van der Waals surface area (Å²) in [6, 6.07) is 0. The van der Waals surface area contributed by atoms with Gasteiger partial charge in [0.05, 0.1) is 6.10 Å². The van der Waals surface area contributed by atoms with Crippen LogP contribution in [0.1, 0.15) is 106 Å². The molecule has 0 saturated heterocycles. The Morgan fingerprint density at radius 1 is 1.07 bits per heavy atom. The zero-order chi connectivity index (χ0) is 21.0. The van der Waals surface area contributed by atoms with Gasteiger partial charge in [0.2, 0.25) is 0 Å². The van der Waals surface area contributed by atoms with Gasteiger partial charge < -0.3 is 5.11 Å². The van der Waals surface area contributed by atoms with Gasteiger partial charge in [-0.2, -0.15) is 0 Å². The fourth-order valence-electron chi connectivity index (χ4n) is 9.10. The van der Waals surface area contributed by atoms with Crippen LogP contribution in [0, 0.1) is 52.3 Å². The molecule has 9 atom stereocenters. The van der Waals surface area contributed by atoms with Crippen LogP contribution in [0.15, 0.2) is 11.6 Å². The Kier molecular flexibility index (Phi) is 6.04. The summed E-state index contributed by atoms with van der Waals surface area (Å²) >= 11 is 0. The van der Waals surface area contributed by atoms with Crippen LogP contribution in [0.4, 0.5) is 0 Å². The molecule has 1 heteroatoms. The molecule has 0 aromatic carbocycles. The smallest absolute Gasteiger partial charge is 0.0580 e. The SMILES string of the molecule is CC(C)CCC[C@@H](C)[C@H]1CC[C@H]2[C@@H]3CC=C4C[C@@H](O)C[C@H](C)[C@]4(C)[C@H]3CC[C@]12C. The van der Waals surface area contributed by atoms with Crippen LogP contribution in [0.3, 0.4) is 0 Å². The van der Waals surface area contributed by atoms with Crippen LogP contribution < -0.4 is 0 Å². The molecule has 0 aromatic heterocycles. The largest absolute Gasteiger partial charge is 0.393 e. The highest BCUT2D eigenvalue weighted by molar-refractivity contribution is 5.26. The van der Waals surface area contributed by atoms with E-state index in [0.717, 1.165) is 48.3 Å². The predicted molar refractivity (Wildman–Crippen MR) is 124 cm³/mol. The highest BCUT2D eigenvalue weighted by Gasteiger charge is 2.60. The van der Waals surface area contributed by atoms with Crippen molar-refractivity contribution in [2.75, 3.05) is 0 Å². The Labute approximate surface area is 181 Å². The van der Waals surface area contributed by atoms with Gasteiger partial charge in [0.15, 0.2) is 0 Å². The first-order chi connectivity index (χ1) is 13.7. The molecule has 4 aliphatic carbocycles. The second-order valence-electron chi connectivity index (χ2n) is 12.6. The lowest BCUT2D eigenvalue weighted by Gasteiger charge is -2.60. The quantitative estimate of drug-likeness (QED) is 0.470. The first-order valence-corrected chi connectivity index (χ1v) is 13.1. The van der Waals surface area contributed by atoms with Gasteiger partial charge in [0, 0.05) is 0 Å². The predicted octanol–water partition coefficient (Wildman–Crippen LogP) is 7.63. The lowest BCUT2D eigenvalue weighted by molar-refractivity contribution is -0.0757. The topological polar surface area (TPSA) is 20.2 Å². The lowest BCUT2D eigenvalue weighted by Crippen LogP contribution is -2.53. The summed E-state index contributed by atoms with van der Waals surface area (Å²) in [5.41, 5.74) is 2.55. The molecule has 0 unspecified atom stereocenters. The molecule has 0 bridgehead atoms. The van der Waals surface area contributed by atoms with Crippen molar-refractivity contribution in [1.82, 2.24) is 0 Å². The summed E-state index contributed by atoms with van der Waals surface area (Å²) in [4.78, 5) is 0. The first kappa shape index (κ1) is 21.9. The van der Waals surface area contributed by atoms with Crippen molar-refractivity contribution in [3.63, 3.8) is 0 Å². The van der Waals surface area contributed by atoms with Gasteiger partial charge in [-0.25, -0.2) is 0 Å². The standard InChI is InChI=1S/C28H48O/c1-18(2)8-7-9-19(3)24-12-13-25-23-11-10-21-17-22(29)16-20(4)28(21,6)26(23)14-15-27(24,25)5/h10,18-20,22-26,29H,7-9,11-17H2,1-6H3/t19-,20+,22+,23+,24-,25+,26+,27-,28+/m1/s1. The average molecular weight is 401 g/mol. The van der Waals surface area contributed by atoms with Crippen molar-refractivity contribution < 1.29 is 5.11 Å². The van der Waals surface area contributed by atoms with E-state index < -0.39 is 0 Å². The second-order valence-corrected chi connectivity index (χ2v) is 12.6. The molecule has 0 heterocycles. The van der Waals surface area contributed by atoms with Gasteiger partial charge in [-0.1, -0.05) is 72.5 Å². The molecule has 29 heavy (non-hydrogen) atoms. The van der Waals surface area contributed by atoms with Crippen molar-refractivity contribution in [2.45, 2.75) is 112 Å². The summed E-state index contributed by atoms with van der Waals surface area (Å²) in [7, 11) is 0. The summed E-state index contributed by atoms with van der Waals surface area (Å²) in [6.45, 7) is 15.0. The lowest BCUT2D eigenvalue weighted by atomic mass is 9.45. The molecular weight excluding hydrogens is 352 g/mol. The van der Waals surface area contributed by atoms with E-state index >= 15 is 0 Å². The second kappa shape index (κ2) is 7.99.